The van der Waals surface area contributed by atoms with E-state index in [1.54, 1.807) is 12.1 Å². The molecule has 0 atom stereocenters. The molecule has 1 aliphatic heterocycles. The summed E-state index contributed by atoms with van der Waals surface area (Å²) in [4.78, 5) is 0. The van der Waals surface area contributed by atoms with Gasteiger partial charge in [0.05, 0.1) is 0 Å². The van der Waals surface area contributed by atoms with Crippen molar-refractivity contribution >= 4 is 8.80 Å². The van der Waals surface area contributed by atoms with Gasteiger partial charge in [0.15, 0.2) is 0 Å². The van der Waals surface area contributed by atoms with Gasteiger partial charge in [-0.2, -0.15) is 8.78 Å². The Morgan fingerprint density at radius 1 is 0.923 bits per heavy atom. The molecule has 1 aliphatic rings. The molecule has 26 heavy (non-hydrogen) atoms. The standard InChI is InChI=1S/C22H27F2OSi/c1-16(2)15-26-13-11-20(12-14-26)18-5-3-17(4-6-18)19-7-9-21(10-8-19)25-22(23)24/h3-10,16,20,22H,11-15H2,1-2H3. The molecule has 1 heterocycles. The Bertz CT molecular complexity index is 674. The minimum Gasteiger partial charge on any atom is -0.435 e. The third kappa shape index (κ3) is 5.16. The van der Waals surface area contributed by atoms with Gasteiger partial charge in [0.25, 0.3) is 0 Å². The number of alkyl halides is 2. The van der Waals surface area contributed by atoms with Crippen LogP contribution in [0.5, 0.6) is 5.75 Å². The van der Waals surface area contributed by atoms with E-state index in [0.717, 1.165) is 17.0 Å². The fourth-order valence-electron chi connectivity index (χ4n) is 3.92. The van der Waals surface area contributed by atoms with Crippen LogP contribution in [0.1, 0.15) is 38.2 Å². The molecule has 0 bridgehead atoms. The van der Waals surface area contributed by atoms with Crippen molar-refractivity contribution < 1.29 is 13.5 Å². The average molecular weight is 374 g/mol. The maximum Gasteiger partial charge on any atom is 0.387 e. The second kappa shape index (κ2) is 8.80. The van der Waals surface area contributed by atoms with Crippen LogP contribution in [-0.4, -0.2) is 15.4 Å². The molecule has 0 amide bonds. The number of rotatable bonds is 6. The summed E-state index contributed by atoms with van der Waals surface area (Å²) in [6.07, 6.45) is 2.67. The molecule has 1 fully saturated rings. The lowest BCUT2D eigenvalue weighted by Gasteiger charge is -2.28. The topological polar surface area (TPSA) is 9.23 Å². The maximum absolute atomic E-state index is 12.2. The third-order valence-electron chi connectivity index (χ3n) is 5.18. The largest absolute Gasteiger partial charge is 0.435 e. The van der Waals surface area contributed by atoms with Gasteiger partial charge in [-0.15, -0.1) is 0 Å². The van der Waals surface area contributed by atoms with Crippen LogP contribution in [0.3, 0.4) is 0 Å². The lowest BCUT2D eigenvalue weighted by molar-refractivity contribution is -0.0498. The van der Waals surface area contributed by atoms with Crippen LogP contribution in [0.25, 0.3) is 11.1 Å². The summed E-state index contributed by atoms with van der Waals surface area (Å²) in [5.74, 6) is 1.74. The zero-order valence-electron chi connectivity index (χ0n) is 15.6. The van der Waals surface area contributed by atoms with Crippen molar-refractivity contribution in [2.24, 2.45) is 5.92 Å². The van der Waals surface area contributed by atoms with E-state index in [1.165, 1.54) is 36.5 Å². The highest BCUT2D eigenvalue weighted by atomic mass is 28.3. The van der Waals surface area contributed by atoms with E-state index in [0.29, 0.717) is 5.92 Å². The summed E-state index contributed by atoms with van der Waals surface area (Å²) < 4.78 is 28.9. The van der Waals surface area contributed by atoms with Gasteiger partial charge in [0, 0.05) is 8.80 Å². The SMILES string of the molecule is CC(C)C[Si]1CCC(c2ccc(-c3ccc(OC(F)F)cc3)cc2)CC1. The number of ether oxygens (including phenoxy) is 1. The molecular formula is C22H27F2OSi. The quantitative estimate of drug-likeness (QED) is 0.496. The van der Waals surface area contributed by atoms with Crippen molar-refractivity contribution in [2.45, 2.75) is 57.4 Å². The maximum atomic E-state index is 12.2. The van der Waals surface area contributed by atoms with E-state index in [2.05, 4.69) is 42.8 Å². The lowest BCUT2D eigenvalue weighted by Crippen LogP contribution is -2.21. The van der Waals surface area contributed by atoms with Gasteiger partial charge in [0.1, 0.15) is 5.75 Å². The molecule has 2 aromatic carbocycles. The van der Waals surface area contributed by atoms with Crippen LogP contribution in [-0.2, 0) is 0 Å². The van der Waals surface area contributed by atoms with Crippen molar-refractivity contribution in [2.75, 3.05) is 0 Å². The third-order valence-corrected chi connectivity index (χ3v) is 8.57. The zero-order valence-corrected chi connectivity index (χ0v) is 16.6. The Labute approximate surface area is 157 Å². The van der Waals surface area contributed by atoms with E-state index in [-0.39, 0.29) is 14.5 Å². The normalized spacial score (nSPS) is 16.4. The Hall–Kier alpha value is -1.68. The molecule has 0 aromatic heterocycles. The van der Waals surface area contributed by atoms with Gasteiger partial charge in [-0.3, -0.25) is 0 Å². The average Bonchev–Trinajstić information content (AvgIpc) is 2.62. The van der Waals surface area contributed by atoms with Gasteiger partial charge in [-0.1, -0.05) is 68.4 Å². The molecule has 2 aromatic rings. The molecule has 3 rings (SSSR count). The van der Waals surface area contributed by atoms with E-state index in [1.807, 2.05) is 12.1 Å². The Morgan fingerprint density at radius 3 is 1.96 bits per heavy atom. The summed E-state index contributed by atoms with van der Waals surface area (Å²) in [5, 5.41) is 0. The summed E-state index contributed by atoms with van der Waals surface area (Å²) in [6.45, 7) is 1.90. The Morgan fingerprint density at radius 2 is 1.46 bits per heavy atom. The van der Waals surface area contributed by atoms with Crippen molar-refractivity contribution in [1.29, 1.82) is 0 Å². The smallest absolute Gasteiger partial charge is 0.387 e. The van der Waals surface area contributed by atoms with Gasteiger partial charge in [-0.05, 0) is 53.5 Å². The van der Waals surface area contributed by atoms with Gasteiger partial charge in [-0.25, -0.2) is 0 Å². The molecule has 4 heteroatoms. The number of hydrogen-bond donors (Lipinski definition) is 0. The molecular weight excluding hydrogens is 346 g/mol. The summed E-state index contributed by atoms with van der Waals surface area (Å²) in [6, 6.07) is 20.0. The molecule has 0 aliphatic carbocycles. The molecule has 0 spiro atoms. The van der Waals surface area contributed by atoms with Crippen molar-refractivity contribution in [3.8, 4) is 16.9 Å². The number of halogens is 2. The van der Waals surface area contributed by atoms with Crippen molar-refractivity contribution in [3.05, 3.63) is 54.1 Å². The molecule has 0 unspecified atom stereocenters. The lowest BCUT2D eigenvalue weighted by atomic mass is 9.92. The molecule has 1 nitrogen and oxygen atoms in total. The second-order valence-electron chi connectivity index (χ2n) is 7.65. The van der Waals surface area contributed by atoms with Crippen LogP contribution in [0.2, 0.25) is 18.1 Å². The van der Waals surface area contributed by atoms with Crippen LogP contribution in [0, 0.1) is 5.92 Å². The predicted molar refractivity (Wildman–Crippen MR) is 105 cm³/mol. The molecule has 1 radical (unpaired) electrons. The van der Waals surface area contributed by atoms with E-state index in [9.17, 15) is 8.78 Å². The van der Waals surface area contributed by atoms with Crippen molar-refractivity contribution in [3.63, 3.8) is 0 Å². The number of benzene rings is 2. The Balaban J connectivity index is 1.60. The summed E-state index contributed by atoms with van der Waals surface area (Å²) in [7, 11) is -0.116. The minimum atomic E-state index is -2.78. The van der Waals surface area contributed by atoms with Crippen LogP contribution >= 0.6 is 0 Å². The first-order valence-electron chi connectivity index (χ1n) is 9.50. The van der Waals surface area contributed by atoms with E-state index < -0.39 is 6.61 Å². The van der Waals surface area contributed by atoms with Crippen LogP contribution in [0.15, 0.2) is 48.5 Å². The van der Waals surface area contributed by atoms with Crippen molar-refractivity contribution in [1.82, 2.24) is 0 Å². The first-order valence-corrected chi connectivity index (χ1v) is 11.6. The fraction of sp³-hybridized carbons (Fsp3) is 0.455. The first-order chi connectivity index (χ1) is 12.5. The van der Waals surface area contributed by atoms with Gasteiger partial charge in [0.2, 0.25) is 0 Å². The first kappa shape index (κ1) is 19.1. The molecule has 1 saturated heterocycles. The highest BCUT2D eigenvalue weighted by molar-refractivity contribution is 6.59. The summed E-state index contributed by atoms with van der Waals surface area (Å²) in [5.41, 5.74) is 3.57. The fourth-order valence-corrected chi connectivity index (χ4v) is 7.24. The molecule has 0 saturated carbocycles. The molecule has 139 valence electrons. The Kier molecular flexibility index (Phi) is 6.46. The summed E-state index contributed by atoms with van der Waals surface area (Å²) >= 11 is 0. The van der Waals surface area contributed by atoms with Gasteiger partial charge >= 0.3 is 6.61 Å². The molecule has 0 N–H and O–H groups in total. The highest BCUT2D eigenvalue weighted by Crippen LogP contribution is 2.36. The monoisotopic (exact) mass is 373 g/mol. The highest BCUT2D eigenvalue weighted by Gasteiger charge is 2.24. The second-order valence-corrected chi connectivity index (χ2v) is 10.6. The van der Waals surface area contributed by atoms with E-state index >= 15 is 0 Å². The minimum absolute atomic E-state index is 0.116. The predicted octanol–water partition coefficient (Wildman–Crippen LogP) is 6.98. The van der Waals surface area contributed by atoms with Crippen LogP contribution < -0.4 is 4.74 Å². The number of hydrogen-bond acceptors (Lipinski definition) is 1. The van der Waals surface area contributed by atoms with Gasteiger partial charge < -0.3 is 4.74 Å². The van der Waals surface area contributed by atoms with Crippen LogP contribution in [0.4, 0.5) is 8.78 Å². The zero-order chi connectivity index (χ0) is 18.5. The van der Waals surface area contributed by atoms with E-state index in [4.69, 9.17) is 0 Å².